The van der Waals surface area contributed by atoms with Crippen molar-refractivity contribution in [1.82, 2.24) is 15.2 Å². The van der Waals surface area contributed by atoms with Crippen LogP contribution in [0.25, 0.3) is 0 Å². The lowest BCUT2D eigenvalue weighted by Gasteiger charge is -2.21. The van der Waals surface area contributed by atoms with E-state index < -0.39 is 0 Å². The van der Waals surface area contributed by atoms with Crippen molar-refractivity contribution in [2.75, 3.05) is 26.7 Å². The second kappa shape index (κ2) is 4.97. The van der Waals surface area contributed by atoms with Gasteiger partial charge in [-0.15, -0.1) is 0 Å². The minimum absolute atomic E-state index is 0.301. The Hall–Kier alpha value is -0.870. The second-order valence-electron chi connectivity index (χ2n) is 4.69. The van der Waals surface area contributed by atoms with E-state index in [1.807, 2.05) is 14.0 Å². The molecule has 90 valence electrons. The van der Waals surface area contributed by atoms with Crippen LogP contribution in [0.3, 0.4) is 0 Å². The van der Waals surface area contributed by atoms with Crippen LogP contribution in [-0.2, 0) is 0 Å². The van der Waals surface area contributed by atoms with Gasteiger partial charge in [-0.05, 0) is 46.3 Å². The van der Waals surface area contributed by atoms with Crippen molar-refractivity contribution in [2.24, 2.45) is 5.92 Å². The summed E-state index contributed by atoms with van der Waals surface area (Å²) in [5.41, 5.74) is 0. The minimum Gasteiger partial charge on any atom is -0.444 e. The summed E-state index contributed by atoms with van der Waals surface area (Å²) in [6.45, 7) is 7.51. The molecule has 0 radical (unpaired) electrons. The molecule has 4 heteroatoms. The maximum Gasteiger partial charge on any atom is 0.211 e. The number of aromatic nitrogens is 1. The summed E-state index contributed by atoms with van der Waals surface area (Å²) in [6, 6.07) is 0.301. The van der Waals surface area contributed by atoms with Gasteiger partial charge in [-0.25, -0.2) is 4.98 Å². The standard InChI is InChI=1S/C12H21N3O/c1-9-6-14-12(16-9)10(2)15-5-4-11(8-15)7-13-3/h6,10-11,13H,4-5,7-8H2,1-3H3. The van der Waals surface area contributed by atoms with Crippen molar-refractivity contribution < 1.29 is 4.42 Å². The molecule has 2 atom stereocenters. The first kappa shape index (κ1) is 11.6. The number of likely N-dealkylation sites (tertiary alicyclic amines) is 1. The Balaban J connectivity index is 1.94. The SMILES string of the molecule is CNCC1CCN(C(C)c2ncc(C)o2)C1. The Labute approximate surface area is 97.0 Å². The molecule has 0 aromatic carbocycles. The van der Waals surface area contributed by atoms with Crippen LogP contribution in [-0.4, -0.2) is 36.6 Å². The maximum atomic E-state index is 5.58. The summed E-state index contributed by atoms with van der Waals surface area (Å²) < 4.78 is 5.58. The van der Waals surface area contributed by atoms with Gasteiger partial charge in [0.25, 0.3) is 0 Å². The van der Waals surface area contributed by atoms with Crippen LogP contribution in [0.4, 0.5) is 0 Å². The third kappa shape index (κ3) is 2.44. The zero-order chi connectivity index (χ0) is 11.5. The van der Waals surface area contributed by atoms with Crippen LogP contribution in [0.1, 0.15) is 31.0 Å². The summed E-state index contributed by atoms with van der Waals surface area (Å²) in [4.78, 5) is 6.76. The number of nitrogens with one attached hydrogen (secondary N) is 1. The molecular weight excluding hydrogens is 202 g/mol. The van der Waals surface area contributed by atoms with E-state index in [0.717, 1.165) is 37.2 Å². The van der Waals surface area contributed by atoms with Crippen molar-refractivity contribution >= 4 is 0 Å². The number of hydrogen-bond donors (Lipinski definition) is 1. The largest absolute Gasteiger partial charge is 0.444 e. The zero-order valence-corrected chi connectivity index (χ0v) is 10.4. The molecule has 1 aliphatic heterocycles. The van der Waals surface area contributed by atoms with Gasteiger partial charge in [0.2, 0.25) is 5.89 Å². The summed E-state index contributed by atoms with van der Waals surface area (Å²) in [5, 5.41) is 3.25. The molecule has 1 saturated heterocycles. The topological polar surface area (TPSA) is 41.3 Å². The molecule has 4 nitrogen and oxygen atoms in total. The number of oxazole rings is 1. The number of rotatable bonds is 4. The summed E-state index contributed by atoms with van der Waals surface area (Å²) in [6.07, 6.45) is 3.07. The van der Waals surface area contributed by atoms with Crippen LogP contribution in [0.15, 0.2) is 10.6 Å². The molecule has 2 unspecified atom stereocenters. The molecule has 1 N–H and O–H groups in total. The van der Waals surface area contributed by atoms with Crippen LogP contribution in [0, 0.1) is 12.8 Å². The molecule has 0 spiro atoms. The molecule has 16 heavy (non-hydrogen) atoms. The third-order valence-electron chi connectivity index (χ3n) is 3.35. The molecule has 0 aliphatic carbocycles. The Bertz CT molecular complexity index is 337. The fourth-order valence-corrected chi connectivity index (χ4v) is 2.39. The molecule has 2 rings (SSSR count). The molecule has 1 aromatic heterocycles. The summed E-state index contributed by atoms with van der Waals surface area (Å²) in [5.74, 6) is 2.51. The first-order valence-corrected chi connectivity index (χ1v) is 6.01. The summed E-state index contributed by atoms with van der Waals surface area (Å²) in [7, 11) is 2.02. The highest BCUT2D eigenvalue weighted by molar-refractivity contribution is 4.97. The van der Waals surface area contributed by atoms with Gasteiger partial charge in [0.05, 0.1) is 12.2 Å². The molecule has 0 saturated carbocycles. The molecule has 2 heterocycles. The Morgan fingerprint density at radius 3 is 3.12 bits per heavy atom. The van der Waals surface area contributed by atoms with Gasteiger partial charge < -0.3 is 9.73 Å². The fourth-order valence-electron chi connectivity index (χ4n) is 2.39. The van der Waals surface area contributed by atoms with E-state index in [1.165, 1.54) is 6.42 Å². The van der Waals surface area contributed by atoms with Crippen LogP contribution >= 0.6 is 0 Å². The van der Waals surface area contributed by atoms with Gasteiger partial charge in [0.15, 0.2) is 0 Å². The lowest BCUT2D eigenvalue weighted by Crippen LogP contribution is -2.27. The van der Waals surface area contributed by atoms with E-state index in [2.05, 4.69) is 22.1 Å². The zero-order valence-electron chi connectivity index (χ0n) is 10.4. The highest BCUT2D eigenvalue weighted by Gasteiger charge is 2.28. The monoisotopic (exact) mass is 223 g/mol. The molecule has 1 aliphatic rings. The predicted octanol–water partition coefficient (Wildman–Crippen LogP) is 1.59. The Kier molecular flexibility index (Phi) is 3.61. The van der Waals surface area contributed by atoms with Gasteiger partial charge in [-0.3, -0.25) is 4.90 Å². The van der Waals surface area contributed by atoms with Crippen molar-refractivity contribution in [3.05, 3.63) is 17.8 Å². The highest BCUT2D eigenvalue weighted by atomic mass is 16.4. The van der Waals surface area contributed by atoms with E-state index in [0.29, 0.717) is 6.04 Å². The molecule has 1 aromatic rings. The van der Waals surface area contributed by atoms with E-state index in [-0.39, 0.29) is 0 Å². The van der Waals surface area contributed by atoms with E-state index >= 15 is 0 Å². The van der Waals surface area contributed by atoms with Crippen LogP contribution in [0.2, 0.25) is 0 Å². The number of nitrogens with zero attached hydrogens (tertiary/aromatic N) is 2. The fraction of sp³-hybridized carbons (Fsp3) is 0.750. The maximum absolute atomic E-state index is 5.58. The van der Waals surface area contributed by atoms with Gasteiger partial charge in [-0.2, -0.15) is 0 Å². The van der Waals surface area contributed by atoms with Crippen molar-refractivity contribution in [1.29, 1.82) is 0 Å². The highest BCUT2D eigenvalue weighted by Crippen LogP contribution is 2.26. The van der Waals surface area contributed by atoms with Gasteiger partial charge in [-0.1, -0.05) is 0 Å². The van der Waals surface area contributed by atoms with Crippen molar-refractivity contribution in [3.63, 3.8) is 0 Å². The number of hydrogen-bond acceptors (Lipinski definition) is 4. The quantitative estimate of drug-likeness (QED) is 0.841. The van der Waals surface area contributed by atoms with Crippen molar-refractivity contribution in [2.45, 2.75) is 26.3 Å². The smallest absolute Gasteiger partial charge is 0.211 e. The molecule has 1 fully saturated rings. The van der Waals surface area contributed by atoms with E-state index in [1.54, 1.807) is 6.20 Å². The van der Waals surface area contributed by atoms with Crippen LogP contribution < -0.4 is 5.32 Å². The van der Waals surface area contributed by atoms with Gasteiger partial charge in [0, 0.05) is 6.54 Å². The minimum atomic E-state index is 0.301. The average molecular weight is 223 g/mol. The molecule has 0 bridgehead atoms. The van der Waals surface area contributed by atoms with Crippen LogP contribution in [0.5, 0.6) is 0 Å². The lowest BCUT2D eigenvalue weighted by molar-refractivity contribution is 0.215. The lowest BCUT2D eigenvalue weighted by atomic mass is 10.1. The first-order chi connectivity index (χ1) is 7.70. The average Bonchev–Trinajstić information content (AvgIpc) is 2.87. The molecular formula is C12H21N3O. The second-order valence-corrected chi connectivity index (χ2v) is 4.69. The molecule has 0 amide bonds. The van der Waals surface area contributed by atoms with Gasteiger partial charge >= 0.3 is 0 Å². The van der Waals surface area contributed by atoms with E-state index in [4.69, 9.17) is 4.42 Å². The third-order valence-corrected chi connectivity index (χ3v) is 3.35. The number of aryl methyl sites for hydroxylation is 1. The Morgan fingerprint density at radius 2 is 2.50 bits per heavy atom. The first-order valence-electron chi connectivity index (χ1n) is 6.01. The normalized spacial score (nSPS) is 23.8. The van der Waals surface area contributed by atoms with Crippen molar-refractivity contribution in [3.8, 4) is 0 Å². The summed E-state index contributed by atoms with van der Waals surface area (Å²) >= 11 is 0. The Morgan fingerprint density at radius 1 is 1.69 bits per heavy atom. The predicted molar refractivity (Wildman–Crippen MR) is 63.3 cm³/mol. The van der Waals surface area contributed by atoms with E-state index in [9.17, 15) is 0 Å². The van der Waals surface area contributed by atoms with Gasteiger partial charge in [0.1, 0.15) is 5.76 Å².